The van der Waals surface area contributed by atoms with Crippen LogP contribution in [0, 0.1) is 11.3 Å². The molecular formula is C23H22ClN3O. The monoisotopic (exact) mass is 391 g/mol. The number of aromatic nitrogens is 1. The Labute approximate surface area is 169 Å². The quantitative estimate of drug-likeness (QED) is 0.628. The molecule has 4 rings (SSSR count). The van der Waals surface area contributed by atoms with E-state index in [1.165, 1.54) is 5.56 Å². The van der Waals surface area contributed by atoms with E-state index >= 15 is 0 Å². The standard InChI is InChI=1S/C23H22ClN3O/c1-26-21-7-3-2-6-19(21)22(20(15-25)23(26)28)27-13-4-5-16(12-14-27)17-8-10-18(24)11-9-17/h2-3,6-11,16H,4-5,12-14H2,1H3/t16-/m0/s1. The Balaban J connectivity index is 1.73. The number of aryl methyl sites for hydroxylation is 1. The molecule has 3 aromatic rings. The Morgan fingerprint density at radius 3 is 2.57 bits per heavy atom. The van der Waals surface area contributed by atoms with Crippen LogP contribution in [0.1, 0.15) is 36.3 Å². The zero-order valence-corrected chi connectivity index (χ0v) is 16.6. The zero-order valence-electron chi connectivity index (χ0n) is 15.9. The molecule has 0 aliphatic carbocycles. The summed E-state index contributed by atoms with van der Waals surface area (Å²) < 4.78 is 1.58. The van der Waals surface area contributed by atoms with Crippen molar-refractivity contribution in [1.82, 2.24) is 4.57 Å². The third-order valence-electron chi connectivity index (χ3n) is 5.77. The first-order valence-corrected chi connectivity index (χ1v) is 10.00. The minimum Gasteiger partial charge on any atom is -0.370 e. The fraction of sp³-hybridized carbons (Fsp3) is 0.304. The van der Waals surface area contributed by atoms with Crippen molar-refractivity contribution in [1.29, 1.82) is 5.26 Å². The highest BCUT2D eigenvalue weighted by Crippen LogP contribution is 2.34. The molecule has 142 valence electrons. The molecule has 0 radical (unpaired) electrons. The molecular weight excluding hydrogens is 370 g/mol. The van der Waals surface area contributed by atoms with Crippen molar-refractivity contribution in [3.8, 4) is 6.07 Å². The predicted octanol–water partition coefficient (Wildman–Crippen LogP) is 4.84. The van der Waals surface area contributed by atoms with Gasteiger partial charge in [0.2, 0.25) is 0 Å². The van der Waals surface area contributed by atoms with Gasteiger partial charge in [-0.3, -0.25) is 4.79 Å². The van der Waals surface area contributed by atoms with Gasteiger partial charge in [0, 0.05) is 30.5 Å². The molecule has 0 amide bonds. The number of benzene rings is 2. The molecule has 4 nitrogen and oxygen atoms in total. The highest BCUT2D eigenvalue weighted by molar-refractivity contribution is 6.30. The van der Waals surface area contributed by atoms with Crippen molar-refractivity contribution < 1.29 is 0 Å². The van der Waals surface area contributed by atoms with Crippen LogP contribution in [0.3, 0.4) is 0 Å². The lowest BCUT2D eigenvalue weighted by atomic mass is 9.92. The van der Waals surface area contributed by atoms with E-state index in [-0.39, 0.29) is 11.1 Å². The van der Waals surface area contributed by atoms with E-state index in [9.17, 15) is 10.1 Å². The summed E-state index contributed by atoms with van der Waals surface area (Å²) in [7, 11) is 1.73. The lowest BCUT2D eigenvalue weighted by molar-refractivity contribution is 0.612. The van der Waals surface area contributed by atoms with Crippen LogP contribution in [-0.2, 0) is 7.05 Å². The molecule has 0 unspecified atom stereocenters. The molecule has 0 N–H and O–H groups in total. The first-order chi connectivity index (χ1) is 13.6. The van der Waals surface area contributed by atoms with E-state index in [1.54, 1.807) is 11.6 Å². The first kappa shape index (κ1) is 18.6. The maximum Gasteiger partial charge on any atom is 0.270 e. The van der Waals surface area contributed by atoms with E-state index in [1.807, 2.05) is 36.4 Å². The minimum atomic E-state index is -0.227. The average Bonchev–Trinajstić information content (AvgIpc) is 2.97. The number of halogens is 1. The third kappa shape index (κ3) is 3.27. The first-order valence-electron chi connectivity index (χ1n) is 9.62. The van der Waals surface area contributed by atoms with Crippen LogP contribution in [0.2, 0.25) is 5.02 Å². The topological polar surface area (TPSA) is 49.0 Å². The van der Waals surface area contributed by atoms with Gasteiger partial charge in [-0.15, -0.1) is 0 Å². The summed E-state index contributed by atoms with van der Waals surface area (Å²) in [6.45, 7) is 1.66. The second-order valence-electron chi connectivity index (χ2n) is 7.38. The number of nitrogens with zero attached hydrogens (tertiary/aromatic N) is 3. The Bertz CT molecular complexity index is 1110. The van der Waals surface area contributed by atoms with Crippen molar-refractivity contribution >= 4 is 28.2 Å². The molecule has 1 aromatic heterocycles. The molecule has 1 fully saturated rings. The molecule has 0 saturated carbocycles. The minimum absolute atomic E-state index is 0.227. The maximum atomic E-state index is 12.8. The van der Waals surface area contributed by atoms with Gasteiger partial charge in [-0.05, 0) is 48.9 Å². The smallest absolute Gasteiger partial charge is 0.270 e. The second-order valence-corrected chi connectivity index (χ2v) is 7.82. The van der Waals surface area contributed by atoms with Crippen molar-refractivity contribution in [3.05, 3.63) is 75.0 Å². The molecule has 5 heteroatoms. The van der Waals surface area contributed by atoms with Gasteiger partial charge in [-0.25, -0.2) is 0 Å². The van der Waals surface area contributed by atoms with Crippen LogP contribution in [-0.4, -0.2) is 17.7 Å². The van der Waals surface area contributed by atoms with Crippen LogP contribution in [0.25, 0.3) is 10.9 Å². The van der Waals surface area contributed by atoms with Crippen molar-refractivity contribution in [2.45, 2.75) is 25.2 Å². The lowest BCUT2D eigenvalue weighted by Gasteiger charge is -2.26. The van der Waals surface area contributed by atoms with E-state index < -0.39 is 0 Å². The van der Waals surface area contributed by atoms with Crippen LogP contribution >= 0.6 is 11.6 Å². The molecule has 0 spiro atoms. The average molecular weight is 392 g/mol. The number of fused-ring (bicyclic) bond motifs is 1. The Kier molecular flexibility index (Phi) is 5.11. The van der Waals surface area contributed by atoms with Crippen LogP contribution in [0.15, 0.2) is 53.3 Å². The fourth-order valence-electron chi connectivity index (χ4n) is 4.30. The molecule has 1 atom stereocenters. The normalized spacial score (nSPS) is 17.3. The summed E-state index contributed by atoms with van der Waals surface area (Å²) in [6.07, 6.45) is 3.08. The summed E-state index contributed by atoms with van der Waals surface area (Å²) in [5.41, 5.74) is 2.97. The Morgan fingerprint density at radius 1 is 1.07 bits per heavy atom. The predicted molar refractivity (Wildman–Crippen MR) is 114 cm³/mol. The highest BCUT2D eigenvalue weighted by atomic mass is 35.5. The number of nitriles is 1. The van der Waals surface area contributed by atoms with Crippen molar-refractivity contribution in [2.24, 2.45) is 7.05 Å². The van der Waals surface area contributed by atoms with Gasteiger partial charge in [0.25, 0.3) is 5.56 Å². The lowest BCUT2D eigenvalue weighted by Crippen LogP contribution is -2.30. The molecule has 1 aliphatic rings. The number of para-hydroxylation sites is 1. The van der Waals surface area contributed by atoms with E-state index in [0.717, 1.165) is 54.0 Å². The van der Waals surface area contributed by atoms with Crippen LogP contribution in [0.4, 0.5) is 5.69 Å². The van der Waals surface area contributed by atoms with Crippen LogP contribution < -0.4 is 10.5 Å². The molecule has 28 heavy (non-hydrogen) atoms. The largest absolute Gasteiger partial charge is 0.370 e. The molecule has 0 bridgehead atoms. The molecule has 1 saturated heterocycles. The summed E-state index contributed by atoms with van der Waals surface area (Å²) >= 11 is 6.03. The van der Waals surface area contributed by atoms with Gasteiger partial charge in [0.15, 0.2) is 0 Å². The van der Waals surface area contributed by atoms with E-state index in [0.29, 0.717) is 5.92 Å². The summed E-state index contributed by atoms with van der Waals surface area (Å²) in [5, 5.41) is 11.5. The Morgan fingerprint density at radius 2 is 1.82 bits per heavy atom. The maximum absolute atomic E-state index is 12.8. The number of pyridine rings is 1. The van der Waals surface area contributed by atoms with E-state index in [2.05, 4.69) is 23.1 Å². The summed E-state index contributed by atoms with van der Waals surface area (Å²) in [4.78, 5) is 15.0. The van der Waals surface area contributed by atoms with Gasteiger partial charge < -0.3 is 9.47 Å². The number of hydrogen-bond acceptors (Lipinski definition) is 3. The van der Waals surface area contributed by atoms with Gasteiger partial charge in [-0.2, -0.15) is 5.26 Å². The summed E-state index contributed by atoms with van der Waals surface area (Å²) in [6, 6.07) is 18.1. The van der Waals surface area contributed by atoms with Gasteiger partial charge in [0.1, 0.15) is 11.6 Å². The van der Waals surface area contributed by atoms with Gasteiger partial charge in [-0.1, -0.05) is 41.9 Å². The molecule has 1 aliphatic heterocycles. The SMILES string of the molecule is Cn1c(=O)c(C#N)c(N2CCC[C@H](c3ccc(Cl)cc3)CC2)c2ccccc21. The van der Waals surface area contributed by atoms with Crippen molar-refractivity contribution in [2.75, 3.05) is 18.0 Å². The highest BCUT2D eigenvalue weighted by Gasteiger charge is 2.24. The van der Waals surface area contributed by atoms with E-state index in [4.69, 9.17) is 11.6 Å². The fourth-order valence-corrected chi connectivity index (χ4v) is 4.42. The summed E-state index contributed by atoms with van der Waals surface area (Å²) in [5.74, 6) is 0.464. The number of hydrogen-bond donors (Lipinski definition) is 0. The number of anilines is 1. The van der Waals surface area contributed by atoms with Crippen LogP contribution in [0.5, 0.6) is 0 Å². The second kappa shape index (κ2) is 7.69. The van der Waals surface area contributed by atoms with Gasteiger partial charge >= 0.3 is 0 Å². The number of rotatable bonds is 2. The van der Waals surface area contributed by atoms with Gasteiger partial charge in [0.05, 0.1) is 11.2 Å². The third-order valence-corrected chi connectivity index (χ3v) is 6.03. The van der Waals surface area contributed by atoms with Crippen molar-refractivity contribution in [3.63, 3.8) is 0 Å². The molecule has 2 heterocycles. The zero-order chi connectivity index (χ0) is 19.7. The Hall–Kier alpha value is -2.77. The molecule has 2 aromatic carbocycles.